The minimum absolute atomic E-state index is 0.106. The van der Waals surface area contributed by atoms with E-state index in [1.54, 1.807) is 13.8 Å². The van der Waals surface area contributed by atoms with Crippen LogP contribution in [0.4, 0.5) is 13.2 Å². The number of amides is 1. The van der Waals surface area contributed by atoms with Crippen molar-refractivity contribution in [2.75, 3.05) is 6.54 Å². The summed E-state index contributed by atoms with van der Waals surface area (Å²) in [4.78, 5) is 11.8. The summed E-state index contributed by atoms with van der Waals surface area (Å²) < 4.78 is 39.1. The molecule has 20 heavy (non-hydrogen) atoms. The summed E-state index contributed by atoms with van der Waals surface area (Å²) in [6.07, 6.45) is -2.90. The third kappa shape index (κ3) is 3.72. The zero-order valence-electron chi connectivity index (χ0n) is 11.6. The first-order chi connectivity index (χ1) is 9.13. The smallest absolute Gasteiger partial charge is 0.388 e. The molecule has 0 aliphatic carbocycles. The van der Waals surface area contributed by atoms with Crippen molar-refractivity contribution in [3.8, 4) is 0 Å². The Labute approximate surface area is 114 Å². The number of aliphatic hydroxyl groups is 1. The molecular weight excluding hydrogens is 275 g/mol. The van der Waals surface area contributed by atoms with Gasteiger partial charge in [0.2, 0.25) is 0 Å². The second-order valence-electron chi connectivity index (χ2n) is 4.68. The van der Waals surface area contributed by atoms with Crippen LogP contribution >= 0.6 is 0 Å². The maximum atomic E-state index is 12.7. The maximum absolute atomic E-state index is 12.7. The first kappa shape index (κ1) is 16.5. The Bertz CT molecular complexity index is 479. The lowest BCUT2D eigenvalue weighted by atomic mass is 9.97. The number of halogens is 3. The average molecular weight is 293 g/mol. The van der Waals surface area contributed by atoms with Crippen LogP contribution in [0.25, 0.3) is 0 Å². The van der Waals surface area contributed by atoms with Crippen molar-refractivity contribution >= 4 is 5.91 Å². The molecule has 0 spiro atoms. The quantitative estimate of drug-likeness (QED) is 0.868. The summed E-state index contributed by atoms with van der Waals surface area (Å²) in [5.41, 5.74) is -2.89. The van der Waals surface area contributed by atoms with Crippen molar-refractivity contribution in [2.45, 2.75) is 38.5 Å². The lowest BCUT2D eigenvalue weighted by Gasteiger charge is -2.25. The van der Waals surface area contributed by atoms with Crippen LogP contribution in [0.1, 0.15) is 42.7 Å². The molecule has 0 aliphatic rings. The van der Waals surface area contributed by atoms with Gasteiger partial charge in [0.05, 0.1) is 11.2 Å². The molecule has 0 fully saturated rings. The number of hydrogen-bond acceptors (Lipinski definition) is 3. The molecule has 0 atom stereocenters. The number of hydrogen-bond donors (Lipinski definition) is 2. The first-order valence-electron chi connectivity index (χ1n) is 6.24. The van der Waals surface area contributed by atoms with E-state index in [-0.39, 0.29) is 6.54 Å². The number of aromatic nitrogens is 2. The standard InChI is InChI=1S/C12H18F3N3O2/c1-4-11(20,5-2)7-16-10(19)8-6-18(3)17-9(8)12(13,14)15/h6,20H,4-5,7H2,1-3H3,(H,16,19). The van der Waals surface area contributed by atoms with Crippen molar-refractivity contribution in [2.24, 2.45) is 7.05 Å². The van der Waals surface area contributed by atoms with Gasteiger partial charge in [-0.2, -0.15) is 18.3 Å². The van der Waals surface area contributed by atoms with E-state index < -0.39 is 28.9 Å². The fourth-order valence-corrected chi connectivity index (χ4v) is 1.70. The van der Waals surface area contributed by atoms with Gasteiger partial charge >= 0.3 is 6.18 Å². The third-order valence-electron chi connectivity index (χ3n) is 3.24. The first-order valence-corrected chi connectivity index (χ1v) is 6.24. The highest BCUT2D eigenvalue weighted by Gasteiger charge is 2.39. The van der Waals surface area contributed by atoms with E-state index in [4.69, 9.17) is 0 Å². The number of carbonyl (C=O) groups excluding carboxylic acids is 1. The lowest BCUT2D eigenvalue weighted by Crippen LogP contribution is -2.42. The molecule has 114 valence electrons. The zero-order valence-corrected chi connectivity index (χ0v) is 11.6. The van der Waals surface area contributed by atoms with Crippen molar-refractivity contribution in [1.82, 2.24) is 15.1 Å². The molecule has 0 aromatic carbocycles. The van der Waals surface area contributed by atoms with Crippen LogP contribution in [0.2, 0.25) is 0 Å². The Kier molecular flexibility index (Phi) is 4.80. The SMILES string of the molecule is CCC(O)(CC)CNC(=O)c1cn(C)nc1C(F)(F)F. The normalized spacial score (nSPS) is 12.6. The molecule has 1 amide bonds. The largest absolute Gasteiger partial charge is 0.435 e. The Morgan fingerprint density at radius 3 is 2.40 bits per heavy atom. The van der Waals surface area contributed by atoms with E-state index in [1.807, 2.05) is 0 Å². The summed E-state index contributed by atoms with van der Waals surface area (Å²) in [6, 6.07) is 0. The third-order valence-corrected chi connectivity index (χ3v) is 3.24. The topological polar surface area (TPSA) is 67.2 Å². The fourth-order valence-electron chi connectivity index (χ4n) is 1.70. The highest BCUT2D eigenvalue weighted by Crippen LogP contribution is 2.30. The van der Waals surface area contributed by atoms with Gasteiger partial charge in [-0.25, -0.2) is 0 Å². The molecule has 1 aromatic rings. The van der Waals surface area contributed by atoms with E-state index >= 15 is 0 Å². The van der Waals surface area contributed by atoms with Gasteiger partial charge in [0.25, 0.3) is 5.91 Å². The summed E-state index contributed by atoms with van der Waals surface area (Å²) in [7, 11) is 1.31. The summed E-state index contributed by atoms with van der Waals surface area (Å²) >= 11 is 0. The molecule has 0 bridgehead atoms. The van der Waals surface area contributed by atoms with Crippen molar-refractivity contribution in [1.29, 1.82) is 0 Å². The van der Waals surface area contributed by atoms with E-state index in [0.29, 0.717) is 12.8 Å². The van der Waals surface area contributed by atoms with Gasteiger partial charge in [0, 0.05) is 19.8 Å². The predicted molar refractivity (Wildman–Crippen MR) is 66.1 cm³/mol. The number of rotatable bonds is 5. The average Bonchev–Trinajstić information content (AvgIpc) is 2.78. The molecule has 5 nitrogen and oxygen atoms in total. The van der Waals surface area contributed by atoms with Crippen molar-refractivity contribution < 1.29 is 23.1 Å². The van der Waals surface area contributed by atoms with E-state index in [0.717, 1.165) is 10.9 Å². The van der Waals surface area contributed by atoms with Gasteiger partial charge in [-0.05, 0) is 12.8 Å². The Balaban J connectivity index is 2.89. The molecular formula is C12H18F3N3O2. The molecule has 0 saturated carbocycles. The van der Waals surface area contributed by atoms with Gasteiger partial charge in [0.1, 0.15) is 0 Å². The van der Waals surface area contributed by atoms with Crippen LogP contribution in [0.15, 0.2) is 6.20 Å². The second-order valence-corrected chi connectivity index (χ2v) is 4.68. The molecule has 1 rings (SSSR count). The van der Waals surface area contributed by atoms with Crippen LogP contribution in [0.5, 0.6) is 0 Å². The number of aryl methyl sites for hydroxylation is 1. The highest BCUT2D eigenvalue weighted by atomic mass is 19.4. The van der Waals surface area contributed by atoms with Gasteiger partial charge in [-0.3, -0.25) is 9.48 Å². The second kappa shape index (κ2) is 5.82. The molecule has 1 aromatic heterocycles. The lowest BCUT2D eigenvalue weighted by molar-refractivity contribution is -0.141. The van der Waals surface area contributed by atoms with Crippen LogP contribution < -0.4 is 5.32 Å². The van der Waals surface area contributed by atoms with E-state index in [9.17, 15) is 23.1 Å². The fraction of sp³-hybridized carbons (Fsp3) is 0.667. The molecule has 2 N–H and O–H groups in total. The van der Waals surface area contributed by atoms with Crippen molar-refractivity contribution in [3.63, 3.8) is 0 Å². The van der Waals surface area contributed by atoms with Gasteiger partial charge in [0.15, 0.2) is 5.69 Å². The molecule has 8 heteroatoms. The maximum Gasteiger partial charge on any atom is 0.435 e. The van der Waals surface area contributed by atoms with Gasteiger partial charge in [-0.15, -0.1) is 0 Å². The predicted octanol–water partition coefficient (Wildman–Crippen LogP) is 1.72. The van der Waals surface area contributed by atoms with Gasteiger partial charge < -0.3 is 10.4 Å². The molecule has 0 aliphatic heterocycles. The Morgan fingerprint density at radius 1 is 1.40 bits per heavy atom. The molecule has 0 saturated heterocycles. The highest BCUT2D eigenvalue weighted by molar-refractivity contribution is 5.95. The van der Waals surface area contributed by atoms with Crippen molar-refractivity contribution in [3.05, 3.63) is 17.5 Å². The summed E-state index contributed by atoms with van der Waals surface area (Å²) in [5, 5.41) is 15.6. The minimum Gasteiger partial charge on any atom is -0.388 e. The zero-order chi connectivity index (χ0) is 15.6. The van der Waals surface area contributed by atoms with Crippen LogP contribution in [-0.2, 0) is 13.2 Å². The minimum atomic E-state index is -4.69. The van der Waals surface area contributed by atoms with Crippen LogP contribution in [0.3, 0.4) is 0 Å². The Hall–Kier alpha value is -1.57. The summed E-state index contributed by atoms with van der Waals surface area (Å²) in [5.74, 6) is -0.897. The van der Waals surface area contributed by atoms with Crippen LogP contribution in [0, 0.1) is 0 Å². The Morgan fingerprint density at radius 2 is 1.95 bits per heavy atom. The van der Waals surface area contributed by atoms with Crippen LogP contribution in [-0.4, -0.2) is 32.9 Å². The monoisotopic (exact) mass is 293 g/mol. The number of alkyl halides is 3. The number of carbonyl (C=O) groups is 1. The van der Waals surface area contributed by atoms with E-state index in [1.165, 1.54) is 7.05 Å². The molecule has 0 radical (unpaired) electrons. The number of nitrogens with zero attached hydrogens (tertiary/aromatic N) is 2. The number of nitrogens with one attached hydrogen (secondary N) is 1. The summed E-state index contributed by atoms with van der Waals surface area (Å²) in [6.45, 7) is 3.37. The molecule has 1 heterocycles. The van der Waals surface area contributed by atoms with Gasteiger partial charge in [-0.1, -0.05) is 13.8 Å². The van der Waals surface area contributed by atoms with E-state index in [2.05, 4.69) is 10.4 Å². The molecule has 0 unspecified atom stereocenters.